The molecule has 0 aliphatic carbocycles. The Labute approximate surface area is 170 Å². The van der Waals surface area contributed by atoms with Crippen LogP contribution in [-0.2, 0) is 19.4 Å². The fourth-order valence-electron chi connectivity index (χ4n) is 3.43. The molecule has 146 valence electrons. The number of aryl methyl sites for hydroxylation is 2. The van der Waals surface area contributed by atoms with Gasteiger partial charge in [0, 0.05) is 6.42 Å². The maximum atomic E-state index is 12.9. The zero-order valence-electron chi connectivity index (χ0n) is 16.7. The van der Waals surface area contributed by atoms with Gasteiger partial charge in [-0.2, -0.15) is 5.26 Å². The summed E-state index contributed by atoms with van der Waals surface area (Å²) in [5, 5.41) is 9.31. The molecule has 1 aromatic heterocycles. The summed E-state index contributed by atoms with van der Waals surface area (Å²) >= 11 is 0. The minimum absolute atomic E-state index is 0.145. The number of hydrogen-bond donors (Lipinski definition) is 0. The van der Waals surface area contributed by atoms with Crippen LogP contribution >= 0.6 is 0 Å². The maximum absolute atomic E-state index is 12.9. The summed E-state index contributed by atoms with van der Waals surface area (Å²) in [5.74, 6) is 0.707. The van der Waals surface area contributed by atoms with E-state index in [4.69, 9.17) is 0 Å². The van der Waals surface area contributed by atoms with E-state index in [1.54, 1.807) is 10.6 Å². The van der Waals surface area contributed by atoms with Gasteiger partial charge >= 0.3 is 0 Å². The molecule has 0 N–H and O–H groups in total. The van der Waals surface area contributed by atoms with Gasteiger partial charge in [0.05, 0.1) is 23.9 Å². The van der Waals surface area contributed by atoms with Crippen molar-refractivity contribution in [2.24, 2.45) is 0 Å². The van der Waals surface area contributed by atoms with Crippen molar-refractivity contribution in [3.05, 3.63) is 87.1 Å². The molecule has 3 aromatic rings. The summed E-state index contributed by atoms with van der Waals surface area (Å²) in [7, 11) is 0. The smallest absolute Gasteiger partial charge is 0.264 e. The van der Waals surface area contributed by atoms with Gasteiger partial charge in [0.15, 0.2) is 6.29 Å². The normalized spacial score (nSPS) is 10.5. The molecule has 0 amide bonds. The van der Waals surface area contributed by atoms with Gasteiger partial charge in [-0.1, -0.05) is 56.3 Å². The molecule has 0 spiro atoms. The fourth-order valence-corrected chi connectivity index (χ4v) is 3.43. The zero-order chi connectivity index (χ0) is 20.8. The number of nitrogens with zero attached hydrogens (tertiary/aromatic N) is 3. The van der Waals surface area contributed by atoms with E-state index >= 15 is 0 Å². The third kappa shape index (κ3) is 4.17. The molecule has 0 saturated heterocycles. The second-order valence-electron chi connectivity index (χ2n) is 6.86. The maximum Gasteiger partial charge on any atom is 0.264 e. The molecular weight excluding hydrogens is 362 g/mol. The summed E-state index contributed by atoms with van der Waals surface area (Å²) < 4.78 is 1.60. The van der Waals surface area contributed by atoms with Gasteiger partial charge < -0.3 is 0 Å². The van der Waals surface area contributed by atoms with E-state index in [0.29, 0.717) is 42.8 Å². The van der Waals surface area contributed by atoms with E-state index in [0.717, 1.165) is 23.1 Å². The first-order chi connectivity index (χ1) is 14.1. The lowest BCUT2D eigenvalue weighted by Gasteiger charge is -2.15. The standard InChI is InChI=1S/C24H23N3O2/c1-3-7-23-26-22(4-2)21(16-28)24(29)27(23)15-17-10-12-18(13-11-17)20-9-6-5-8-19(20)14-25/h5-6,8-13,16H,3-4,7,15H2,1-2H3. The van der Waals surface area contributed by atoms with E-state index in [-0.39, 0.29) is 11.1 Å². The monoisotopic (exact) mass is 385 g/mol. The molecule has 5 nitrogen and oxygen atoms in total. The molecule has 29 heavy (non-hydrogen) atoms. The molecular formula is C24H23N3O2. The molecule has 1 heterocycles. The lowest BCUT2D eigenvalue weighted by molar-refractivity contribution is 0.112. The predicted molar refractivity (Wildman–Crippen MR) is 113 cm³/mol. The largest absolute Gasteiger partial charge is 0.298 e. The van der Waals surface area contributed by atoms with Crippen molar-refractivity contribution in [1.29, 1.82) is 5.26 Å². The Bertz CT molecular complexity index is 1120. The fraction of sp³-hybridized carbons (Fsp3) is 0.250. The van der Waals surface area contributed by atoms with Crippen LogP contribution in [0.5, 0.6) is 0 Å². The second-order valence-corrected chi connectivity index (χ2v) is 6.86. The minimum atomic E-state index is -0.283. The third-order valence-electron chi connectivity index (χ3n) is 4.94. The summed E-state index contributed by atoms with van der Waals surface area (Å²) in [6.45, 7) is 4.29. The van der Waals surface area contributed by atoms with E-state index in [1.165, 1.54) is 0 Å². The number of aldehydes is 1. The van der Waals surface area contributed by atoms with E-state index in [2.05, 4.69) is 11.1 Å². The highest BCUT2D eigenvalue weighted by atomic mass is 16.1. The Morgan fingerprint density at radius 2 is 1.83 bits per heavy atom. The van der Waals surface area contributed by atoms with Gasteiger partial charge in [0.2, 0.25) is 0 Å². The Hall–Kier alpha value is -3.52. The molecule has 0 saturated carbocycles. The van der Waals surface area contributed by atoms with Gasteiger partial charge in [-0.15, -0.1) is 0 Å². The number of rotatable bonds is 7. The van der Waals surface area contributed by atoms with Gasteiger partial charge in [0.1, 0.15) is 11.4 Å². The first-order valence-corrected chi connectivity index (χ1v) is 9.79. The zero-order valence-corrected chi connectivity index (χ0v) is 16.7. The van der Waals surface area contributed by atoms with Crippen LogP contribution in [0.15, 0.2) is 53.3 Å². The van der Waals surface area contributed by atoms with Crippen LogP contribution in [0.25, 0.3) is 11.1 Å². The molecule has 2 aromatic carbocycles. The molecule has 0 radical (unpaired) electrons. The number of nitriles is 1. The SMILES string of the molecule is CCCc1nc(CC)c(C=O)c(=O)n1Cc1ccc(-c2ccccc2C#N)cc1. The summed E-state index contributed by atoms with van der Waals surface area (Å²) in [5.41, 5.74) is 3.80. The highest BCUT2D eigenvalue weighted by molar-refractivity contribution is 5.75. The van der Waals surface area contributed by atoms with Crippen molar-refractivity contribution in [2.75, 3.05) is 0 Å². The van der Waals surface area contributed by atoms with Crippen molar-refractivity contribution in [2.45, 2.75) is 39.7 Å². The van der Waals surface area contributed by atoms with Crippen LogP contribution in [0.4, 0.5) is 0 Å². The average Bonchev–Trinajstić information content (AvgIpc) is 2.76. The first-order valence-electron chi connectivity index (χ1n) is 9.79. The van der Waals surface area contributed by atoms with Gasteiger partial charge in [-0.3, -0.25) is 14.2 Å². The van der Waals surface area contributed by atoms with Crippen LogP contribution in [0.3, 0.4) is 0 Å². The van der Waals surface area contributed by atoms with Gasteiger partial charge in [-0.25, -0.2) is 4.98 Å². The first kappa shape index (κ1) is 20.2. The molecule has 0 atom stereocenters. The molecule has 0 aliphatic rings. The molecule has 3 rings (SSSR count). The van der Waals surface area contributed by atoms with Crippen LogP contribution in [-0.4, -0.2) is 15.8 Å². The summed E-state index contributed by atoms with van der Waals surface area (Å²) in [4.78, 5) is 29.0. The molecule has 5 heteroatoms. The van der Waals surface area contributed by atoms with E-state index in [1.807, 2.05) is 56.3 Å². The van der Waals surface area contributed by atoms with Gasteiger partial charge in [-0.05, 0) is 35.6 Å². The van der Waals surface area contributed by atoms with Crippen LogP contribution in [0.1, 0.15) is 53.3 Å². The summed E-state index contributed by atoms with van der Waals surface area (Å²) in [6.07, 6.45) is 2.70. The highest BCUT2D eigenvalue weighted by Gasteiger charge is 2.15. The quantitative estimate of drug-likeness (QED) is 0.572. The van der Waals surface area contributed by atoms with Crippen molar-refractivity contribution >= 4 is 6.29 Å². The summed E-state index contributed by atoms with van der Waals surface area (Å²) in [6, 6.07) is 17.5. The average molecular weight is 385 g/mol. The molecule has 0 aliphatic heterocycles. The number of aromatic nitrogens is 2. The number of benzene rings is 2. The Balaban J connectivity index is 1.99. The van der Waals surface area contributed by atoms with Crippen LogP contribution in [0, 0.1) is 11.3 Å². The Kier molecular flexibility index (Phi) is 6.36. The topological polar surface area (TPSA) is 75.8 Å². The van der Waals surface area contributed by atoms with Crippen LogP contribution < -0.4 is 5.56 Å². The predicted octanol–water partition coefficient (Wildman–Crippen LogP) is 4.16. The van der Waals surface area contributed by atoms with E-state index < -0.39 is 0 Å². The van der Waals surface area contributed by atoms with Crippen molar-refractivity contribution in [3.8, 4) is 17.2 Å². The van der Waals surface area contributed by atoms with Gasteiger partial charge in [0.25, 0.3) is 5.56 Å². The minimum Gasteiger partial charge on any atom is -0.298 e. The number of hydrogen-bond acceptors (Lipinski definition) is 4. The lowest BCUT2D eigenvalue weighted by atomic mass is 9.99. The molecule has 0 unspecified atom stereocenters. The second kappa shape index (κ2) is 9.11. The van der Waals surface area contributed by atoms with Crippen LogP contribution in [0.2, 0.25) is 0 Å². The highest BCUT2D eigenvalue weighted by Crippen LogP contribution is 2.23. The molecule has 0 fully saturated rings. The number of carbonyl (C=O) groups excluding carboxylic acids is 1. The lowest BCUT2D eigenvalue weighted by Crippen LogP contribution is -2.30. The molecule has 0 bridgehead atoms. The van der Waals surface area contributed by atoms with Crippen molar-refractivity contribution in [1.82, 2.24) is 9.55 Å². The third-order valence-corrected chi connectivity index (χ3v) is 4.94. The van der Waals surface area contributed by atoms with Crippen molar-refractivity contribution in [3.63, 3.8) is 0 Å². The van der Waals surface area contributed by atoms with Crippen molar-refractivity contribution < 1.29 is 4.79 Å². The Morgan fingerprint density at radius 1 is 1.10 bits per heavy atom. The Morgan fingerprint density at radius 3 is 2.45 bits per heavy atom. The van der Waals surface area contributed by atoms with E-state index in [9.17, 15) is 14.9 Å². The number of carbonyl (C=O) groups is 1.